The predicted octanol–water partition coefficient (Wildman–Crippen LogP) is 4.50. The third-order valence-electron chi connectivity index (χ3n) is 3.54. The zero-order chi connectivity index (χ0) is 18.7. The van der Waals surface area contributed by atoms with E-state index in [1.54, 1.807) is 48.5 Å². The van der Waals surface area contributed by atoms with Crippen molar-refractivity contribution in [3.8, 4) is 5.75 Å². The normalized spacial score (nSPS) is 15.6. The number of rotatable bonds is 4. The Balaban J connectivity index is 1.75. The van der Waals surface area contributed by atoms with E-state index < -0.39 is 5.97 Å². The number of carbonyl (C=O) groups excluding carboxylic acids is 3. The number of benzene rings is 2. The average molecular weight is 388 g/mol. The summed E-state index contributed by atoms with van der Waals surface area (Å²) in [5.74, 6) is -0.326. The Labute approximate surface area is 159 Å². The van der Waals surface area contributed by atoms with Crippen LogP contribution in [0.3, 0.4) is 0 Å². The van der Waals surface area contributed by atoms with Gasteiger partial charge in [0.25, 0.3) is 11.1 Å². The molecule has 2 aromatic carbocycles. The summed E-state index contributed by atoms with van der Waals surface area (Å²) in [6.45, 7) is 1.50. The third-order valence-corrected chi connectivity index (χ3v) is 4.69. The Hall–Kier alpha value is -2.57. The molecule has 0 unspecified atom stereocenters. The first kappa shape index (κ1) is 18.2. The van der Waals surface area contributed by atoms with E-state index in [0.29, 0.717) is 15.7 Å². The standard InChI is InChI=1S/C19H14ClNO4S/c1-12(22)25-16-7-5-13(6-8-16)10-17-18(23)21(19(24)26-17)11-14-3-2-4-15(20)9-14/h2-10H,11H2,1H3/b17-10-. The van der Waals surface area contributed by atoms with E-state index in [1.165, 1.54) is 11.8 Å². The van der Waals surface area contributed by atoms with Gasteiger partial charge in [0.15, 0.2) is 0 Å². The summed E-state index contributed by atoms with van der Waals surface area (Å²) in [7, 11) is 0. The number of amides is 2. The molecule has 7 heteroatoms. The van der Waals surface area contributed by atoms with E-state index in [4.69, 9.17) is 16.3 Å². The Bertz CT molecular complexity index is 908. The van der Waals surface area contributed by atoms with Crippen LogP contribution >= 0.6 is 23.4 Å². The fourth-order valence-electron chi connectivity index (χ4n) is 2.40. The molecule has 0 aromatic heterocycles. The summed E-state index contributed by atoms with van der Waals surface area (Å²) < 4.78 is 4.97. The van der Waals surface area contributed by atoms with Crippen LogP contribution in [0, 0.1) is 0 Å². The minimum Gasteiger partial charge on any atom is -0.427 e. The lowest BCUT2D eigenvalue weighted by Gasteiger charge is -2.12. The van der Waals surface area contributed by atoms with Crippen LogP contribution < -0.4 is 4.74 Å². The molecule has 5 nitrogen and oxygen atoms in total. The summed E-state index contributed by atoms with van der Waals surface area (Å²) in [6, 6.07) is 13.7. The number of imide groups is 1. The van der Waals surface area contributed by atoms with Crippen molar-refractivity contribution < 1.29 is 19.1 Å². The highest BCUT2D eigenvalue weighted by Gasteiger charge is 2.34. The van der Waals surface area contributed by atoms with Crippen molar-refractivity contribution >= 4 is 46.6 Å². The van der Waals surface area contributed by atoms with E-state index in [2.05, 4.69) is 0 Å². The number of hydrogen-bond acceptors (Lipinski definition) is 5. The maximum absolute atomic E-state index is 12.5. The Morgan fingerprint density at radius 2 is 1.92 bits per heavy atom. The molecule has 3 rings (SSSR count). The lowest BCUT2D eigenvalue weighted by atomic mass is 10.2. The molecule has 2 aromatic rings. The van der Waals surface area contributed by atoms with Gasteiger partial charge in [-0.3, -0.25) is 19.3 Å². The first-order valence-corrected chi connectivity index (χ1v) is 8.90. The Kier molecular flexibility index (Phi) is 5.44. The van der Waals surface area contributed by atoms with Crippen LogP contribution in [-0.4, -0.2) is 22.0 Å². The summed E-state index contributed by atoms with van der Waals surface area (Å²) in [5, 5.41) is 0.232. The van der Waals surface area contributed by atoms with Crippen LogP contribution in [0.1, 0.15) is 18.1 Å². The van der Waals surface area contributed by atoms with Crippen LogP contribution in [0.25, 0.3) is 6.08 Å². The topological polar surface area (TPSA) is 63.7 Å². The molecule has 1 heterocycles. The lowest BCUT2D eigenvalue weighted by Crippen LogP contribution is -2.27. The maximum atomic E-state index is 12.5. The molecule has 1 fully saturated rings. The number of hydrogen-bond donors (Lipinski definition) is 0. The van der Waals surface area contributed by atoms with E-state index in [-0.39, 0.29) is 17.7 Å². The molecule has 1 aliphatic heterocycles. The van der Waals surface area contributed by atoms with Gasteiger partial charge in [0.1, 0.15) is 5.75 Å². The molecule has 0 saturated carbocycles. The summed E-state index contributed by atoms with van der Waals surface area (Å²) in [6.07, 6.45) is 1.64. The van der Waals surface area contributed by atoms with Crippen LogP contribution in [0.4, 0.5) is 4.79 Å². The average Bonchev–Trinajstić information content (AvgIpc) is 2.84. The van der Waals surface area contributed by atoms with Crippen molar-refractivity contribution in [3.63, 3.8) is 0 Å². The van der Waals surface area contributed by atoms with E-state index in [0.717, 1.165) is 22.9 Å². The monoisotopic (exact) mass is 387 g/mol. The Morgan fingerprint density at radius 1 is 1.19 bits per heavy atom. The smallest absolute Gasteiger partial charge is 0.308 e. The molecule has 1 aliphatic rings. The lowest BCUT2D eigenvalue weighted by molar-refractivity contribution is -0.131. The minimum atomic E-state index is -0.403. The van der Waals surface area contributed by atoms with Crippen molar-refractivity contribution in [1.82, 2.24) is 4.90 Å². The van der Waals surface area contributed by atoms with Gasteiger partial charge in [-0.2, -0.15) is 0 Å². The van der Waals surface area contributed by atoms with E-state index >= 15 is 0 Å². The summed E-state index contributed by atoms with van der Waals surface area (Å²) in [4.78, 5) is 37.2. The molecule has 1 saturated heterocycles. The number of halogens is 1. The molecule has 0 spiro atoms. The second-order valence-corrected chi connectivity index (χ2v) is 6.99. The van der Waals surface area contributed by atoms with Gasteiger partial charge < -0.3 is 4.74 Å². The Morgan fingerprint density at radius 3 is 2.58 bits per heavy atom. The van der Waals surface area contributed by atoms with Crippen molar-refractivity contribution in [2.24, 2.45) is 0 Å². The molecule has 132 valence electrons. The zero-order valence-corrected chi connectivity index (χ0v) is 15.3. The van der Waals surface area contributed by atoms with Gasteiger partial charge >= 0.3 is 5.97 Å². The van der Waals surface area contributed by atoms with Crippen LogP contribution in [0.5, 0.6) is 5.75 Å². The molecular weight excluding hydrogens is 374 g/mol. The van der Waals surface area contributed by atoms with Crippen LogP contribution in [-0.2, 0) is 16.1 Å². The van der Waals surface area contributed by atoms with Gasteiger partial charge in [-0.25, -0.2) is 0 Å². The van der Waals surface area contributed by atoms with Crippen molar-refractivity contribution in [1.29, 1.82) is 0 Å². The van der Waals surface area contributed by atoms with Gasteiger partial charge in [-0.1, -0.05) is 35.9 Å². The summed E-state index contributed by atoms with van der Waals surface area (Å²) in [5.41, 5.74) is 1.51. The number of ether oxygens (including phenoxy) is 1. The van der Waals surface area contributed by atoms with E-state index in [9.17, 15) is 14.4 Å². The fourth-order valence-corrected chi connectivity index (χ4v) is 3.45. The zero-order valence-electron chi connectivity index (χ0n) is 13.8. The van der Waals surface area contributed by atoms with Gasteiger partial charge in [0, 0.05) is 11.9 Å². The first-order chi connectivity index (χ1) is 12.4. The fraction of sp³-hybridized carbons (Fsp3) is 0.105. The van der Waals surface area contributed by atoms with Gasteiger partial charge in [-0.05, 0) is 53.2 Å². The highest BCUT2D eigenvalue weighted by molar-refractivity contribution is 8.18. The van der Waals surface area contributed by atoms with Crippen molar-refractivity contribution in [3.05, 3.63) is 69.6 Å². The number of carbonyl (C=O) groups is 3. The van der Waals surface area contributed by atoms with Crippen LogP contribution in [0.2, 0.25) is 5.02 Å². The molecule has 26 heavy (non-hydrogen) atoms. The van der Waals surface area contributed by atoms with Crippen molar-refractivity contribution in [2.45, 2.75) is 13.5 Å². The quantitative estimate of drug-likeness (QED) is 0.439. The summed E-state index contributed by atoms with van der Waals surface area (Å²) >= 11 is 6.84. The number of esters is 1. The second kappa shape index (κ2) is 7.76. The molecule has 0 aliphatic carbocycles. The molecule has 0 bridgehead atoms. The molecule has 0 N–H and O–H groups in total. The predicted molar refractivity (Wildman–Crippen MR) is 101 cm³/mol. The van der Waals surface area contributed by atoms with Crippen LogP contribution in [0.15, 0.2) is 53.4 Å². The largest absolute Gasteiger partial charge is 0.427 e. The molecule has 0 radical (unpaired) electrons. The first-order valence-electron chi connectivity index (χ1n) is 7.70. The third kappa shape index (κ3) is 4.33. The number of nitrogens with zero attached hydrogens (tertiary/aromatic N) is 1. The molecule has 2 amide bonds. The molecule has 0 atom stereocenters. The number of thioether (sulfide) groups is 1. The SMILES string of the molecule is CC(=O)Oc1ccc(/C=C2\SC(=O)N(Cc3cccc(Cl)c3)C2=O)cc1. The highest BCUT2D eigenvalue weighted by atomic mass is 35.5. The van der Waals surface area contributed by atoms with Gasteiger partial charge in [0.2, 0.25) is 0 Å². The maximum Gasteiger partial charge on any atom is 0.308 e. The van der Waals surface area contributed by atoms with Crippen molar-refractivity contribution in [2.75, 3.05) is 0 Å². The van der Waals surface area contributed by atoms with Gasteiger partial charge in [-0.15, -0.1) is 0 Å². The van der Waals surface area contributed by atoms with E-state index in [1.807, 2.05) is 6.07 Å². The minimum absolute atomic E-state index is 0.175. The highest BCUT2D eigenvalue weighted by Crippen LogP contribution is 2.33. The second-order valence-electron chi connectivity index (χ2n) is 5.56. The van der Waals surface area contributed by atoms with Gasteiger partial charge in [0.05, 0.1) is 11.4 Å². The molecular formula is C19H14ClNO4S.